The smallest absolute Gasteiger partial charge is 0.311 e. The number of rotatable bonds is 7. The zero-order valence-corrected chi connectivity index (χ0v) is 14.9. The fourth-order valence-electron chi connectivity index (χ4n) is 2.26. The highest BCUT2D eigenvalue weighted by Crippen LogP contribution is 2.20. The topological polar surface area (TPSA) is 55.4 Å². The Kier molecular flexibility index (Phi) is 7.09. The Bertz CT molecular complexity index is 761. The van der Waals surface area contributed by atoms with E-state index in [1.165, 1.54) is 37.3 Å². The van der Waals surface area contributed by atoms with Gasteiger partial charge in [0, 0.05) is 17.1 Å². The molecule has 0 saturated carbocycles. The summed E-state index contributed by atoms with van der Waals surface area (Å²) in [6.07, 6.45) is -0.878. The first-order chi connectivity index (χ1) is 12.4. The van der Waals surface area contributed by atoms with Crippen molar-refractivity contribution < 1.29 is 23.1 Å². The van der Waals surface area contributed by atoms with E-state index in [0.29, 0.717) is 13.0 Å². The predicted octanol–water partition coefficient (Wildman–Crippen LogP) is 3.45. The molecule has 0 heterocycles. The number of halogens is 3. The second-order valence-electron chi connectivity index (χ2n) is 5.68. The van der Waals surface area contributed by atoms with E-state index in [1.807, 2.05) is 0 Å². The lowest BCUT2D eigenvalue weighted by Gasteiger charge is -2.14. The zero-order chi connectivity index (χ0) is 19.1. The standard InChI is InChI=1S/C19H18ClF2NO3/c1-12(19(25)23-10-9-13-5-7-14(21)8-6-13)26-18(24)11-15-16(20)3-2-4-17(15)22/h2-8,12H,9-11H2,1H3,(H,23,25)/t12-/m1/s1. The van der Waals surface area contributed by atoms with Gasteiger partial charge in [-0.25, -0.2) is 8.78 Å². The van der Waals surface area contributed by atoms with Crippen molar-refractivity contribution in [2.24, 2.45) is 0 Å². The van der Waals surface area contributed by atoms with Gasteiger partial charge in [-0.3, -0.25) is 9.59 Å². The number of amides is 1. The van der Waals surface area contributed by atoms with Crippen LogP contribution in [0.3, 0.4) is 0 Å². The summed E-state index contributed by atoms with van der Waals surface area (Å²) in [4.78, 5) is 23.9. The minimum atomic E-state index is -1.03. The van der Waals surface area contributed by atoms with Crippen molar-refractivity contribution in [1.82, 2.24) is 5.32 Å². The van der Waals surface area contributed by atoms with Crippen molar-refractivity contribution in [3.63, 3.8) is 0 Å². The Hall–Kier alpha value is -2.47. The Morgan fingerprint density at radius 2 is 1.85 bits per heavy atom. The van der Waals surface area contributed by atoms with Gasteiger partial charge in [0.1, 0.15) is 11.6 Å². The van der Waals surface area contributed by atoms with E-state index in [2.05, 4.69) is 5.32 Å². The summed E-state index contributed by atoms with van der Waals surface area (Å²) < 4.78 is 31.5. The van der Waals surface area contributed by atoms with Crippen LogP contribution < -0.4 is 5.32 Å². The van der Waals surface area contributed by atoms with Crippen LogP contribution in [0, 0.1) is 11.6 Å². The third-order valence-electron chi connectivity index (χ3n) is 3.69. The first kappa shape index (κ1) is 19.8. The molecule has 1 atom stereocenters. The Morgan fingerprint density at radius 1 is 1.15 bits per heavy atom. The first-order valence-corrected chi connectivity index (χ1v) is 8.39. The van der Waals surface area contributed by atoms with Gasteiger partial charge in [0.05, 0.1) is 6.42 Å². The number of benzene rings is 2. The average Bonchev–Trinajstić information content (AvgIpc) is 2.60. The van der Waals surface area contributed by atoms with Gasteiger partial charge in [-0.15, -0.1) is 0 Å². The molecule has 0 radical (unpaired) electrons. The largest absolute Gasteiger partial charge is 0.452 e. The van der Waals surface area contributed by atoms with E-state index in [4.69, 9.17) is 16.3 Å². The summed E-state index contributed by atoms with van der Waals surface area (Å²) in [6, 6.07) is 10.0. The molecule has 138 valence electrons. The fourth-order valence-corrected chi connectivity index (χ4v) is 2.49. The number of carbonyl (C=O) groups excluding carboxylic acids is 2. The SMILES string of the molecule is C[C@@H](OC(=O)Cc1c(F)cccc1Cl)C(=O)NCCc1ccc(F)cc1. The second-order valence-corrected chi connectivity index (χ2v) is 6.08. The lowest BCUT2D eigenvalue weighted by molar-refractivity contribution is -0.154. The summed E-state index contributed by atoms with van der Waals surface area (Å²) in [6.45, 7) is 1.74. The third-order valence-corrected chi connectivity index (χ3v) is 4.04. The maximum atomic E-state index is 13.7. The molecule has 2 aromatic rings. The molecule has 0 saturated heterocycles. The summed E-state index contributed by atoms with van der Waals surface area (Å²) >= 11 is 5.86. The lowest BCUT2D eigenvalue weighted by Crippen LogP contribution is -2.37. The molecule has 7 heteroatoms. The van der Waals surface area contributed by atoms with Crippen molar-refractivity contribution in [2.75, 3.05) is 6.54 Å². The van der Waals surface area contributed by atoms with Gasteiger partial charge in [-0.1, -0.05) is 29.8 Å². The van der Waals surface area contributed by atoms with E-state index >= 15 is 0 Å². The molecule has 4 nitrogen and oxygen atoms in total. The third kappa shape index (κ3) is 5.81. The average molecular weight is 382 g/mol. The molecule has 0 unspecified atom stereocenters. The molecule has 0 aliphatic heterocycles. The monoisotopic (exact) mass is 381 g/mol. The molecule has 1 N–H and O–H groups in total. The van der Waals surface area contributed by atoms with Gasteiger partial charge in [0.15, 0.2) is 6.10 Å². The molecule has 0 bridgehead atoms. The molecule has 0 aliphatic rings. The summed E-state index contributed by atoms with van der Waals surface area (Å²) in [7, 11) is 0. The van der Waals surface area contributed by atoms with Crippen LogP contribution in [-0.4, -0.2) is 24.5 Å². The van der Waals surface area contributed by atoms with Crippen LogP contribution in [0.2, 0.25) is 5.02 Å². The van der Waals surface area contributed by atoms with E-state index in [-0.39, 0.29) is 22.8 Å². The molecule has 0 fully saturated rings. The van der Waals surface area contributed by atoms with E-state index in [0.717, 1.165) is 5.56 Å². The highest BCUT2D eigenvalue weighted by molar-refractivity contribution is 6.31. The van der Waals surface area contributed by atoms with Crippen LogP contribution in [0.25, 0.3) is 0 Å². The van der Waals surface area contributed by atoms with Gasteiger partial charge in [-0.05, 0) is 43.2 Å². The van der Waals surface area contributed by atoms with Gasteiger partial charge in [0.25, 0.3) is 5.91 Å². The normalized spacial score (nSPS) is 11.7. The highest BCUT2D eigenvalue weighted by atomic mass is 35.5. The van der Waals surface area contributed by atoms with Gasteiger partial charge < -0.3 is 10.1 Å². The maximum Gasteiger partial charge on any atom is 0.311 e. The molecule has 26 heavy (non-hydrogen) atoms. The summed E-state index contributed by atoms with van der Waals surface area (Å²) in [5.41, 5.74) is 0.897. The van der Waals surface area contributed by atoms with Crippen molar-refractivity contribution in [2.45, 2.75) is 25.9 Å². The fraction of sp³-hybridized carbons (Fsp3) is 0.263. The van der Waals surface area contributed by atoms with Crippen LogP contribution >= 0.6 is 11.6 Å². The summed E-state index contributed by atoms with van der Waals surface area (Å²) in [5.74, 6) is -2.16. The minimum absolute atomic E-state index is 0.0306. The number of ether oxygens (including phenoxy) is 1. The molecule has 0 spiro atoms. The number of hydrogen-bond donors (Lipinski definition) is 1. The Morgan fingerprint density at radius 3 is 2.50 bits per heavy atom. The molecular formula is C19H18ClF2NO3. The Labute approximate surface area is 155 Å². The molecule has 2 aromatic carbocycles. The van der Waals surface area contributed by atoms with Crippen LogP contribution in [0.5, 0.6) is 0 Å². The van der Waals surface area contributed by atoms with Crippen molar-refractivity contribution in [3.8, 4) is 0 Å². The van der Waals surface area contributed by atoms with Crippen LogP contribution in [-0.2, 0) is 27.2 Å². The van der Waals surface area contributed by atoms with Crippen LogP contribution in [0.4, 0.5) is 8.78 Å². The predicted molar refractivity (Wildman–Crippen MR) is 93.8 cm³/mol. The highest BCUT2D eigenvalue weighted by Gasteiger charge is 2.19. The first-order valence-electron chi connectivity index (χ1n) is 8.01. The molecule has 0 aliphatic carbocycles. The van der Waals surface area contributed by atoms with Crippen LogP contribution in [0.15, 0.2) is 42.5 Å². The quantitative estimate of drug-likeness (QED) is 0.747. The lowest BCUT2D eigenvalue weighted by atomic mass is 10.1. The number of nitrogens with one attached hydrogen (secondary N) is 1. The number of esters is 1. The summed E-state index contributed by atoms with van der Waals surface area (Å²) in [5, 5.41) is 2.75. The number of hydrogen-bond acceptors (Lipinski definition) is 3. The van der Waals surface area contributed by atoms with Gasteiger partial charge in [0.2, 0.25) is 0 Å². The molecular weight excluding hydrogens is 364 g/mol. The van der Waals surface area contributed by atoms with Crippen molar-refractivity contribution in [3.05, 3.63) is 70.2 Å². The minimum Gasteiger partial charge on any atom is -0.452 e. The molecule has 2 rings (SSSR count). The van der Waals surface area contributed by atoms with E-state index in [1.54, 1.807) is 12.1 Å². The van der Waals surface area contributed by atoms with Gasteiger partial charge >= 0.3 is 5.97 Å². The van der Waals surface area contributed by atoms with Gasteiger partial charge in [-0.2, -0.15) is 0 Å². The molecule has 1 amide bonds. The van der Waals surface area contributed by atoms with E-state index in [9.17, 15) is 18.4 Å². The maximum absolute atomic E-state index is 13.7. The number of carbonyl (C=O) groups is 2. The van der Waals surface area contributed by atoms with Crippen molar-refractivity contribution in [1.29, 1.82) is 0 Å². The second kappa shape index (κ2) is 9.29. The Balaban J connectivity index is 1.79. The van der Waals surface area contributed by atoms with E-state index < -0.39 is 23.8 Å². The van der Waals surface area contributed by atoms with Crippen molar-refractivity contribution >= 4 is 23.5 Å². The zero-order valence-electron chi connectivity index (χ0n) is 14.1. The van der Waals surface area contributed by atoms with Crippen LogP contribution in [0.1, 0.15) is 18.1 Å². The molecule has 0 aromatic heterocycles.